The quantitative estimate of drug-likeness (QED) is 0.537. The number of hydrogen-bond donors (Lipinski definition) is 0. The van der Waals surface area contributed by atoms with Crippen molar-refractivity contribution < 1.29 is 5.76 Å². The molecule has 0 aliphatic heterocycles. The maximum absolute atomic E-state index is 12.5. The fraction of sp³-hybridized carbons (Fsp3) is 0. The summed E-state index contributed by atoms with van der Waals surface area (Å²) in [4.78, 5) is 0. The molecule has 0 bridgehead atoms. The van der Waals surface area contributed by atoms with E-state index in [1.54, 1.807) is 0 Å². The average molecular weight is 137 g/mol. The smallest absolute Gasteiger partial charge is 0.126 e. The minimum atomic E-state index is -0.308. The van der Waals surface area contributed by atoms with Gasteiger partial charge in [-0.25, -0.2) is 8.91 Å². The van der Waals surface area contributed by atoms with Crippen LogP contribution in [0.4, 0.5) is 4.39 Å². The fourth-order valence-electron chi connectivity index (χ4n) is 0.839. The topological polar surface area (TPSA) is 17.3 Å². The molecule has 0 aliphatic carbocycles. The maximum Gasteiger partial charge on any atom is 0.126 e. The van der Waals surface area contributed by atoms with Crippen LogP contribution in [0.1, 0.15) is 1.37 Å². The molecule has 0 aromatic carbocycles. The minimum Gasteiger partial charge on any atom is -0.241 e. The molecule has 10 heavy (non-hydrogen) atoms. The molecular weight excluding hydrogens is 131 g/mol. The highest BCUT2D eigenvalue weighted by Gasteiger charge is 1.92. The van der Waals surface area contributed by atoms with Crippen LogP contribution in [-0.2, 0) is 0 Å². The van der Waals surface area contributed by atoms with Gasteiger partial charge in [0.05, 0.1) is 6.89 Å². The second-order valence-electron chi connectivity index (χ2n) is 1.99. The fourth-order valence-corrected chi connectivity index (χ4v) is 0.839. The van der Waals surface area contributed by atoms with Crippen molar-refractivity contribution in [2.75, 3.05) is 0 Å². The normalized spacial score (nSPS) is 11.9. The molecule has 0 spiro atoms. The summed E-state index contributed by atoms with van der Waals surface area (Å²) in [5, 5.41) is 3.77. The Kier molecular flexibility index (Phi) is 0.799. The Labute approximate surface area is 58.3 Å². The lowest BCUT2D eigenvalue weighted by atomic mass is 10.4. The summed E-state index contributed by atoms with van der Waals surface area (Å²) in [5.74, 6) is -0.308. The molecule has 0 aliphatic rings. The molecule has 0 saturated carbocycles. The summed E-state index contributed by atoms with van der Waals surface area (Å²) >= 11 is 0. The van der Waals surface area contributed by atoms with E-state index in [0.717, 1.165) is 0 Å². The maximum atomic E-state index is 12.5. The van der Waals surface area contributed by atoms with Gasteiger partial charge in [-0.05, 0) is 18.2 Å². The molecule has 2 nitrogen and oxygen atoms in total. The first-order valence-corrected chi connectivity index (χ1v) is 2.87. The first kappa shape index (κ1) is 4.44. The largest absolute Gasteiger partial charge is 0.241 e. The van der Waals surface area contributed by atoms with Gasteiger partial charge in [0.25, 0.3) is 0 Å². The molecule has 3 heteroatoms. The Morgan fingerprint density at radius 2 is 2.50 bits per heavy atom. The highest BCUT2D eigenvalue weighted by Crippen LogP contribution is 2.03. The lowest BCUT2D eigenvalue weighted by molar-refractivity contribution is 0.625. The zero-order valence-electron chi connectivity index (χ0n) is 6.08. The van der Waals surface area contributed by atoms with E-state index in [1.165, 1.54) is 28.9 Å². The monoisotopic (exact) mass is 137 g/mol. The van der Waals surface area contributed by atoms with Gasteiger partial charge in [0, 0.05) is 12.4 Å². The first-order valence-electron chi connectivity index (χ1n) is 3.37. The summed E-state index contributed by atoms with van der Waals surface area (Å²) in [6, 6.07) is 4.15. The Morgan fingerprint density at radius 1 is 1.60 bits per heavy atom. The number of hydrogen-bond acceptors (Lipinski definition) is 1. The molecule has 0 atom stereocenters. The van der Waals surface area contributed by atoms with E-state index in [1.807, 2.05) is 0 Å². The van der Waals surface area contributed by atoms with Crippen LogP contribution in [0.15, 0.2) is 30.6 Å². The summed E-state index contributed by atoms with van der Waals surface area (Å²) in [6.07, 6.45) is 1.64. The van der Waals surface area contributed by atoms with Gasteiger partial charge < -0.3 is 0 Å². The third-order valence-electron chi connectivity index (χ3n) is 1.30. The first-order chi connectivity index (χ1) is 5.25. The van der Waals surface area contributed by atoms with E-state index in [9.17, 15) is 4.39 Å². The Hall–Kier alpha value is -1.38. The van der Waals surface area contributed by atoms with Crippen LogP contribution in [0.25, 0.3) is 5.52 Å². The van der Waals surface area contributed by atoms with Crippen LogP contribution in [-0.4, -0.2) is 9.61 Å². The Balaban J connectivity index is 2.82. The van der Waals surface area contributed by atoms with Crippen molar-refractivity contribution in [3.8, 4) is 0 Å². The van der Waals surface area contributed by atoms with Crippen molar-refractivity contribution in [3.05, 3.63) is 36.4 Å². The molecule has 0 fully saturated rings. The van der Waals surface area contributed by atoms with Crippen molar-refractivity contribution >= 4 is 5.52 Å². The summed E-state index contributed by atoms with van der Waals surface area (Å²) in [7, 11) is 0. The van der Waals surface area contributed by atoms with Gasteiger partial charge in [-0.2, -0.15) is 5.10 Å². The van der Waals surface area contributed by atoms with E-state index in [4.69, 9.17) is 1.37 Å². The van der Waals surface area contributed by atoms with Gasteiger partial charge in [0.15, 0.2) is 0 Å². The van der Waals surface area contributed by atoms with E-state index in [0.29, 0.717) is 5.52 Å². The van der Waals surface area contributed by atoms with Crippen LogP contribution in [0, 0.1) is 5.82 Å². The van der Waals surface area contributed by atoms with Crippen molar-refractivity contribution in [3.63, 3.8) is 0 Å². The number of halogens is 1. The van der Waals surface area contributed by atoms with Crippen LogP contribution in [0.2, 0.25) is 0 Å². The lowest BCUT2D eigenvalue weighted by Crippen LogP contribution is -1.85. The summed E-state index contributed by atoms with van der Waals surface area (Å²) < 4.78 is 21.1. The molecule has 0 saturated heterocycles. The standard InChI is InChI=1S/C7H5FN2/c8-6-2-4-10-7(5-6)1-3-9-10/h1-5H/i3D. The summed E-state index contributed by atoms with van der Waals surface area (Å²) in [5.41, 5.74) is 0.606. The number of aromatic nitrogens is 2. The van der Waals surface area contributed by atoms with Crippen molar-refractivity contribution in [1.29, 1.82) is 0 Å². The van der Waals surface area contributed by atoms with E-state index < -0.39 is 0 Å². The molecule has 0 unspecified atom stereocenters. The van der Waals surface area contributed by atoms with E-state index in [-0.39, 0.29) is 12.0 Å². The molecule has 2 heterocycles. The number of nitrogens with zero attached hydrogens (tertiary/aromatic N) is 2. The van der Waals surface area contributed by atoms with Crippen LogP contribution in [0.3, 0.4) is 0 Å². The van der Waals surface area contributed by atoms with Gasteiger partial charge in [-0.3, -0.25) is 0 Å². The van der Waals surface area contributed by atoms with Crippen LogP contribution < -0.4 is 0 Å². The second kappa shape index (κ2) is 1.80. The SMILES string of the molecule is [2H]c1cc2cc(F)ccn2n1. The van der Waals surface area contributed by atoms with E-state index >= 15 is 0 Å². The molecule has 50 valence electrons. The van der Waals surface area contributed by atoms with Gasteiger partial charge in [-0.15, -0.1) is 0 Å². The predicted molar refractivity (Wildman–Crippen MR) is 35.2 cm³/mol. The molecule has 0 radical (unpaired) electrons. The molecule has 2 rings (SSSR count). The van der Waals surface area contributed by atoms with Gasteiger partial charge in [-0.1, -0.05) is 0 Å². The van der Waals surface area contributed by atoms with Gasteiger partial charge >= 0.3 is 0 Å². The number of fused-ring (bicyclic) bond motifs is 1. The molecule has 2 aromatic rings. The van der Waals surface area contributed by atoms with Crippen LogP contribution in [0.5, 0.6) is 0 Å². The molecule has 0 N–H and O–H groups in total. The van der Waals surface area contributed by atoms with Crippen molar-refractivity contribution in [2.45, 2.75) is 0 Å². The highest BCUT2D eigenvalue weighted by molar-refractivity contribution is 5.44. The molecular formula is C7H5FN2. The number of pyridine rings is 1. The number of rotatable bonds is 0. The minimum absolute atomic E-state index is 0.149. The third kappa shape index (κ3) is 0.673. The second-order valence-corrected chi connectivity index (χ2v) is 1.99. The van der Waals surface area contributed by atoms with E-state index in [2.05, 4.69) is 5.10 Å². The van der Waals surface area contributed by atoms with Crippen molar-refractivity contribution in [2.24, 2.45) is 0 Å². The zero-order chi connectivity index (χ0) is 7.84. The Morgan fingerprint density at radius 3 is 3.40 bits per heavy atom. The molecule has 2 aromatic heterocycles. The summed E-state index contributed by atoms with van der Waals surface area (Å²) in [6.45, 7) is 0. The Bertz CT molecular complexity index is 396. The zero-order valence-corrected chi connectivity index (χ0v) is 5.08. The molecule has 0 amide bonds. The van der Waals surface area contributed by atoms with Crippen molar-refractivity contribution in [1.82, 2.24) is 9.61 Å². The van der Waals surface area contributed by atoms with Gasteiger partial charge in [0.1, 0.15) is 5.82 Å². The average Bonchev–Trinajstić information content (AvgIpc) is 2.27. The van der Waals surface area contributed by atoms with Gasteiger partial charge in [0.2, 0.25) is 0 Å². The predicted octanol–water partition coefficient (Wildman–Crippen LogP) is 1.47. The lowest BCUT2D eigenvalue weighted by Gasteiger charge is -1.89. The van der Waals surface area contributed by atoms with Crippen LogP contribution >= 0.6 is 0 Å². The highest BCUT2D eigenvalue weighted by atomic mass is 19.1. The third-order valence-corrected chi connectivity index (χ3v) is 1.30.